The van der Waals surface area contributed by atoms with Gasteiger partial charge in [-0.25, -0.2) is 0 Å². The van der Waals surface area contributed by atoms with Crippen LogP contribution in [0.2, 0.25) is 0 Å². The highest BCUT2D eigenvalue weighted by Crippen LogP contribution is 2.52. The molecular weight excluding hydrogens is 529 g/mol. The fraction of sp³-hybridized carbons (Fsp3) is 0.143. The fourth-order valence-electron chi connectivity index (χ4n) is 3.69. The molecule has 0 spiro atoms. The zero-order chi connectivity index (χ0) is 25.1. The van der Waals surface area contributed by atoms with Gasteiger partial charge in [-0.3, -0.25) is 0 Å². The maximum absolute atomic E-state index is 11.2. The minimum absolute atomic E-state index is 0.225. The SMILES string of the molecule is CCOc1c2cccc1Sc1cccc(c1O)Sc1cccc(c1OCC)Sc1cccc(c1O)S2. The molecular formula is C28H24O4S4. The Labute approximate surface area is 227 Å². The van der Waals surface area contributed by atoms with Crippen molar-refractivity contribution in [3.8, 4) is 23.0 Å². The molecule has 4 aromatic carbocycles. The molecule has 0 atom stereocenters. The molecule has 8 bridgehead atoms. The lowest BCUT2D eigenvalue weighted by Crippen LogP contribution is -1.97. The molecule has 0 saturated carbocycles. The third-order valence-electron chi connectivity index (χ3n) is 5.27. The number of ether oxygens (including phenoxy) is 2. The van der Waals surface area contributed by atoms with Crippen molar-refractivity contribution >= 4 is 47.0 Å². The van der Waals surface area contributed by atoms with Gasteiger partial charge in [0.15, 0.2) is 0 Å². The van der Waals surface area contributed by atoms with Gasteiger partial charge in [-0.1, -0.05) is 71.3 Å². The van der Waals surface area contributed by atoms with E-state index in [9.17, 15) is 10.2 Å². The van der Waals surface area contributed by atoms with Gasteiger partial charge in [0, 0.05) is 0 Å². The highest BCUT2D eigenvalue weighted by Gasteiger charge is 2.21. The van der Waals surface area contributed by atoms with Crippen molar-refractivity contribution in [2.45, 2.75) is 53.0 Å². The third kappa shape index (κ3) is 5.13. The number of rotatable bonds is 4. The normalized spacial score (nSPS) is 12.7. The van der Waals surface area contributed by atoms with Gasteiger partial charge in [-0.15, -0.1) is 0 Å². The van der Waals surface area contributed by atoms with Gasteiger partial charge < -0.3 is 19.7 Å². The van der Waals surface area contributed by atoms with Crippen LogP contribution in [-0.2, 0) is 0 Å². The Bertz CT molecular complexity index is 1210. The number of benzene rings is 4. The van der Waals surface area contributed by atoms with E-state index < -0.39 is 0 Å². The summed E-state index contributed by atoms with van der Waals surface area (Å²) >= 11 is 5.86. The van der Waals surface area contributed by atoms with E-state index >= 15 is 0 Å². The van der Waals surface area contributed by atoms with Crippen molar-refractivity contribution < 1.29 is 19.7 Å². The molecule has 0 unspecified atom stereocenters. The monoisotopic (exact) mass is 552 g/mol. The molecule has 5 rings (SSSR count). The Hall–Kier alpha value is -2.52. The molecule has 4 aromatic rings. The first-order valence-corrected chi connectivity index (χ1v) is 14.7. The smallest absolute Gasteiger partial charge is 0.147 e. The Morgan fingerprint density at radius 2 is 0.722 bits per heavy atom. The molecule has 0 saturated heterocycles. The first kappa shape index (κ1) is 25.1. The lowest BCUT2D eigenvalue weighted by atomic mass is 10.3. The molecule has 0 fully saturated rings. The Morgan fingerprint density at radius 3 is 0.972 bits per heavy atom. The van der Waals surface area contributed by atoms with E-state index in [4.69, 9.17) is 9.47 Å². The summed E-state index contributed by atoms with van der Waals surface area (Å²) < 4.78 is 12.2. The van der Waals surface area contributed by atoms with Crippen molar-refractivity contribution in [3.05, 3.63) is 72.8 Å². The predicted octanol–water partition coefficient (Wildman–Crippen LogP) is 8.81. The molecule has 0 aromatic heterocycles. The molecule has 1 aliphatic heterocycles. The van der Waals surface area contributed by atoms with Gasteiger partial charge in [0.2, 0.25) is 0 Å². The second-order valence-electron chi connectivity index (χ2n) is 7.65. The first-order chi connectivity index (χ1) is 17.6. The third-order valence-corrected chi connectivity index (χ3v) is 9.63. The minimum Gasteiger partial charge on any atom is -0.506 e. The van der Waals surface area contributed by atoms with Gasteiger partial charge in [0.25, 0.3) is 0 Å². The van der Waals surface area contributed by atoms with Crippen LogP contribution in [0.4, 0.5) is 0 Å². The molecule has 1 aliphatic rings. The number of aromatic hydroxyl groups is 2. The van der Waals surface area contributed by atoms with Crippen LogP contribution in [0.1, 0.15) is 13.8 Å². The summed E-state index contributed by atoms with van der Waals surface area (Å²) in [5.74, 6) is 1.92. The predicted molar refractivity (Wildman–Crippen MR) is 148 cm³/mol. The van der Waals surface area contributed by atoms with Crippen LogP contribution in [0.3, 0.4) is 0 Å². The zero-order valence-electron chi connectivity index (χ0n) is 19.7. The van der Waals surface area contributed by atoms with E-state index in [2.05, 4.69) is 0 Å². The van der Waals surface area contributed by atoms with Gasteiger partial charge in [-0.05, 0) is 62.4 Å². The molecule has 4 nitrogen and oxygen atoms in total. The number of hydrogen-bond acceptors (Lipinski definition) is 8. The van der Waals surface area contributed by atoms with Crippen LogP contribution >= 0.6 is 47.0 Å². The molecule has 36 heavy (non-hydrogen) atoms. The number of fused-ring (bicyclic) bond motifs is 8. The van der Waals surface area contributed by atoms with E-state index in [1.807, 2.05) is 86.6 Å². The minimum atomic E-state index is 0.225. The molecule has 2 N–H and O–H groups in total. The van der Waals surface area contributed by atoms with Crippen LogP contribution < -0.4 is 9.47 Å². The summed E-state index contributed by atoms with van der Waals surface area (Å²) in [6.45, 7) is 4.91. The largest absolute Gasteiger partial charge is 0.506 e. The van der Waals surface area contributed by atoms with Crippen molar-refractivity contribution in [2.24, 2.45) is 0 Å². The summed E-state index contributed by atoms with van der Waals surface area (Å²) in [4.78, 5) is 6.54. The summed E-state index contributed by atoms with van der Waals surface area (Å²) in [5, 5.41) is 22.5. The summed E-state index contributed by atoms with van der Waals surface area (Å²) in [5.41, 5.74) is 0. The van der Waals surface area contributed by atoms with Gasteiger partial charge in [-0.2, -0.15) is 0 Å². The topological polar surface area (TPSA) is 58.9 Å². The van der Waals surface area contributed by atoms with Crippen LogP contribution in [0.15, 0.2) is 112 Å². The highest BCUT2D eigenvalue weighted by atomic mass is 32.2. The Kier molecular flexibility index (Phi) is 7.86. The lowest BCUT2D eigenvalue weighted by Gasteiger charge is -2.18. The van der Waals surface area contributed by atoms with Gasteiger partial charge >= 0.3 is 0 Å². The zero-order valence-corrected chi connectivity index (χ0v) is 23.0. The van der Waals surface area contributed by atoms with Crippen molar-refractivity contribution in [1.82, 2.24) is 0 Å². The van der Waals surface area contributed by atoms with Crippen LogP contribution in [0.25, 0.3) is 0 Å². The summed E-state index contributed by atoms with van der Waals surface area (Å²) in [6, 6.07) is 23.5. The maximum Gasteiger partial charge on any atom is 0.147 e. The fourth-order valence-corrected chi connectivity index (χ4v) is 7.95. The van der Waals surface area contributed by atoms with Crippen LogP contribution in [0, 0.1) is 0 Å². The molecule has 0 amide bonds. The second-order valence-corrected chi connectivity index (χ2v) is 12.0. The maximum atomic E-state index is 11.2. The van der Waals surface area contributed by atoms with E-state index in [1.165, 1.54) is 47.0 Å². The lowest BCUT2D eigenvalue weighted by molar-refractivity contribution is 0.324. The molecule has 0 radical (unpaired) electrons. The number of hydrogen-bond donors (Lipinski definition) is 2. The van der Waals surface area contributed by atoms with E-state index in [0.29, 0.717) is 13.2 Å². The Morgan fingerprint density at radius 1 is 0.472 bits per heavy atom. The number of para-hydroxylation sites is 4. The van der Waals surface area contributed by atoms with E-state index in [-0.39, 0.29) is 11.5 Å². The molecule has 8 heteroatoms. The second kappa shape index (κ2) is 11.3. The average molecular weight is 553 g/mol. The van der Waals surface area contributed by atoms with Crippen molar-refractivity contribution in [3.63, 3.8) is 0 Å². The van der Waals surface area contributed by atoms with Crippen LogP contribution in [-0.4, -0.2) is 23.4 Å². The standard InChI is InChI=1S/C28H24O4S4/c1-3-31-27-21-13-7-14-22(27)34-18-10-6-12-20(26(18)30)36-24-16-8-15-23(28(24)32-4-2)35-19-11-5-9-17(33-21)25(19)29/h5-16,29-30H,3-4H2,1-2H3. The molecule has 0 aliphatic carbocycles. The number of phenols is 2. The summed E-state index contributed by atoms with van der Waals surface area (Å²) in [7, 11) is 0. The van der Waals surface area contributed by atoms with E-state index in [1.54, 1.807) is 0 Å². The molecule has 1 heterocycles. The van der Waals surface area contributed by atoms with Crippen LogP contribution in [0.5, 0.6) is 23.0 Å². The van der Waals surface area contributed by atoms with Gasteiger partial charge in [0.1, 0.15) is 23.0 Å². The van der Waals surface area contributed by atoms with Gasteiger partial charge in [0.05, 0.1) is 52.4 Å². The average Bonchev–Trinajstić information content (AvgIpc) is 2.87. The van der Waals surface area contributed by atoms with Crippen molar-refractivity contribution in [2.75, 3.05) is 13.2 Å². The van der Waals surface area contributed by atoms with Crippen molar-refractivity contribution in [1.29, 1.82) is 0 Å². The number of phenolic OH excluding ortho intramolecular Hbond substituents is 2. The Balaban J connectivity index is 1.73. The molecule has 184 valence electrons. The van der Waals surface area contributed by atoms with E-state index in [0.717, 1.165) is 50.7 Å². The summed E-state index contributed by atoms with van der Waals surface area (Å²) in [6.07, 6.45) is 0. The first-order valence-electron chi connectivity index (χ1n) is 11.5. The highest BCUT2D eigenvalue weighted by molar-refractivity contribution is 8.01. The quantitative estimate of drug-likeness (QED) is 0.229.